The van der Waals surface area contributed by atoms with Gasteiger partial charge in [-0.1, -0.05) is 29.8 Å². The highest BCUT2D eigenvalue weighted by molar-refractivity contribution is 6.31. The molecular weight excluding hydrogens is 364 g/mol. The number of morpholine rings is 1. The zero-order valence-corrected chi connectivity index (χ0v) is 15.9. The number of fused-ring (bicyclic) bond motifs is 1. The number of nitrogens with one attached hydrogen (secondary N) is 1. The average Bonchev–Trinajstić information content (AvgIpc) is 2.69. The van der Waals surface area contributed by atoms with Crippen molar-refractivity contribution in [2.45, 2.75) is 18.8 Å². The molecule has 0 unspecified atom stereocenters. The number of aromatic nitrogens is 2. The Morgan fingerprint density at radius 3 is 2.85 bits per heavy atom. The zero-order chi connectivity index (χ0) is 18.6. The minimum atomic E-state index is 0.0646. The third kappa shape index (κ3) is 4.29. The van der Waals surface area contributed by atoms with Gasteiger partial charge in [0.2, 0.25) is 5.95 Å². The SMILES string of the molecule is O=C1C[C@@H](c2ccccc2Cl)Cc2nc(NCCN3CCOCC3)ncc21. The molecule has 0 spiro atoms. The summed E-state index contributed by atoms with van der Waals surface area (Å²) in [6, 6.07) is 7.73. The highest BCUT2D eigenvalue weighted by atomic mass is 35.5. The van der Waals surface area contributed by atoms with Gasteiger partial charge in [-0.25, -0.2) is 9.97 Å². The van der Waals surface area contributed by atoms with E-state index in [1.54, 1.807) is 6.20 Å². The predicted octanol–water partition coefficient (Wildman–Crippen LogP) is 2.79. The van der Waals surface area contributed by atoms with Gasteiger partial charge in [0.1, 0.15) is 0 Å². The van der Waals surface area contributed by atoms with Crippen LogP contribution in [0.15, 0.2) is 30.5 Å². The summed E-state index contributed by atoms with van der Waals surface area (Å²) in [6.45, 7) is 5.19. The largest absolute Gasteiger partial charge is 0.379 e. The summed E-state index contributed by atoms with van der Waals surface area (Å²) in [4.78, 5) is 23.9. The Kier molecular flexibility index (Phi) is 5.66. The minimum absolute atomic E-state index is 0.0646. The fourth-order valence-electron chi connectivity index (χ4n) is 3.71. The van der Waals surface area contributed by atoms with E-state index in [1.807, 2.05) is 24.3 Å². The highest BCUT2D eigenvalue weighted by Crippen LogP contribution is 2.35. The summed E-state index contributed by atoms with van der Waals surface area (Å²) in [7, 11) is 0. The third-order valence-corrected chi connectivity index (χ3v) is 5.54. The van der Waals surface area contributed by atoms with E-state index in [2.05, 4.69) is 20.2 Å². The Morgan fingerprint density at radius 1 is 1.22 bits per heavy atom. The van der Waals surface area contributed by atoms with Crippen molar-refractivity contribution in [1.29, 1.82) is 0 Å². The van der Waals surface area contributed by atoms with Crippen LogP contribution >= 0.6 is 11.6 Å². The number of hydrogen-bond acceptors (Lipinski definition) is 6. The second kappa shape index (κ2) is 8.33. The maximum atomic E-state index is 12.6. The molecule has 0 amide bonds. The molecule has 1 aromatic carbocycles. The molecule has 1 N–H and O–H groups in total. The first-order valence-corrected chi connectivity index (χ1v) is 9.76. The van der Waals surface area contributed by atoms with E-state index in [1.165, 1.54) is 0 Å². The molecule has 0 bridgehead atoms. The van der Waals surface area contributed by atoms with Crippen molar-refractivity contribution in [3.8, 4) is 0 Å². The fraction of sp³-hybridized carbons (Fsp3) is 0.450. The van der Waals surface area contributed by atoms with Gasteiger partial charge in [-0.05, 0) is 24.0 Å². The van der Waals surface area contributed by atoms with Crippen molar-refractivity contribution in [3.05, 3.63) is 52.3 Å². The van der Waals surface area contributed by atoms with Crippen molar-refractivity contribution in [2.24, 2.45) is 0 Å². The van der Waals surface area contributed by atoms with E-state index in [0.29, 0.717) is 29.4 Å². The number of ketones is 1. The van der Waals surface area contributed by atoms with Crippen molar-refractivity contribution in [3.63, 3.8) is 0 Å². The highest BCUT2D eigenvalue weighted by Gasteiger charge is 2.29. The first-order valence-electron chi connectivity index (χ1n) is 9.38. The lowest BCUT2D eigenvalue weighted by Gasteiger charge is -2.26. The number of rotatable bonds is 5. The number of anilines is 1. The molecule has 0 saturated carbocycles. The number of carbonyl (C=O) groups is 1. The smallest absolute Gasteiger partial charge is 0.222 e. The molecule has 1 saturated heterocycles. The van der Waals surface area contributed by atoms with Gasteiger partial charge in [0, 0.05) is 43.8 Å². The van der Waals surface area contributed by atoms with Gasteiger partial charge in [-0.15, -0.1) is 0 Å². The topological polar surface area (TPSA) is 67.4 Å². The molecule has 1 aliphatic heterocycles. The Balaban J connectivity index is 1.44. The van der Waals surface area contributed by atoms with E-state index >= 15 is 0 Å². The number of hydrogen-bond donors (Lipinski definition) is 1. The average molecular weight is 387 g/mol. The van der Waals surface area contributed by atoms with Crippen LogP contribution in [0.5, 0.6) is 0 Å². The third-order valence-electron chi connectivity index (χ3n) is 5.20. The summed E-state index contributed by atoms with van der Waals surface area (Å²) in [5, 5.41) is 3.99. The van der Waals surface area contributed by atoms with E-state index in [4.69, 9.17) is 16.3 Å². The molecule has 6 nitrogen and oxygen atoms in total. The van der Waals surface area contributed by atoms with Crippen LogP contribution in [0.2, 0.25) is 5.02 Å². The fourth-order valence-corrected chi connectivity index (χ4v) is 4.00. The number of benzene rings is 1. The lowest BCUT2D eigenvalue weighted by molar-refractivity contribution is 0.0398. The van der Waals surface area contributed by atoms with Crippen molar-refractivity contribution < 1.29 is 9.53 Å². The zero-order valence-electron chi connectivity index (χ0n) is 15.2. The second-order valence-electron chi connectivity index (χ2n) is 6.98. The van der Waals surface area contributed by atoms with E-state index in [0.717, 1.165) is 50.7 Å². The van der Waals surface area contributed by atoms with Crippen molar-refractivity contribution in [1.82, 2.24) is 14.9 Å². The summed E-state index contributed by atoms with van der Waals surface area (Å²) >= 11 is 6.34. The normalized spacial score (nSPS) is 20.3. The van der Waals surface area contributed by atoms with E-state index in [-0.39, 0.29) is 11.7 Å². The molecule has 1 fully saturated rings. The predicted molar refractivity (Wildman–Crippen MR) is 105 cm³/mol. The maximum absolute atomic E-state index is 12.6. The molecule has 1 aliphatic carbocycles. The summed E-state index contributed by atoms with van der Waals surface area (Å²) in [5.41, 5.74) is 2.45. The molecular formula is C20H23ClN4O2. The van der Waals surface area contributed by atoms with Gasteiger partial charge in [-0.3, -0.25) is 9.69 Å². The van der Waals surface area contributed by atoms with Gasteiger partial charge in [0.15, 0.2) is 5.78 Å². The number of Topliss-reactive ketones (excluding diaryl/α,β-unsaturated/α-hetero) is 1. The first kappa shape index (κ1) is 18.3. The number of nitrogens with zero attached hydrogens (tertiary/aromatic N) is 3. The standard InChI is InChI=1S/C20H23ClN4O2/c21-17-4-2-1-3-15(17)14-11-18-16(19(26)12-14)13-23-20(24-18)22-5-6-25-7-9-27-10-8-25/h1-4,13-14H,5-12H2,(H,22,23,24)/t14-/m0/s1. The lowest BCUT2D eigenvalue weighted by Crippen LogP contribution is -2.39. The Hall–Kier alpha value is -2.02. The molecule has 2 aromatic rings. The molecule has 7 heteroatoms. The van der Waals surface area contributed by atoms with Gasteiger partial charge in [0.25, 0.3) is 0 Å². The van der Waals surface area contributed by atoms with Crippen LogP contribution in [0, 0.1) is 0 Å². The first-order chi connectivity index (χ1) is 13.2. The van der Waals surface area contributed by atoms with Gasteiger partial charge in [0.05, 0.1) is 24.5 Å². The Labute approximate surface area is 163 Å². The van der Waals surface area contributed by atoms with Crippen LogP contribution in [0.25, 0.3) is 0 Å². The van der Waals surface area contributed by atoms with Crippen LogP contribution in [0.1, 0.15) is 34.0 Å². The second-order valence-corrected chi connectivity index (χ2v) is 7.39. The van der Waals surface area contributed by atoms with E-state index in [9.17, 15) is 4.79 Å². The van der Waals surface area contributed by atoms with Gasteiger partial charge >= 0.3 is 0 Å². The molecule has 2 heterocycles. The van der Waals surface area contributed by atoms with Crippen LogP contribution in [-0.4, -0.2) is 60.0 Å². The van der Waals surface area contributed by atoms with Crippen LogP contribution in [-0.2, 0) is 11.2 Å². The summed E-state index contributed by atoms with van der Waals surface area (Å²) < 4.78 is 5.36. The summed E-state index contributed by atoms with van der Waals surface area (Å²) in [6.07, 6.45) is 2.81. The minimum Gasteiger partial charge on any atom is -0.379 e. The Morgan fingerprint density at radius 2 is 2.04 bits per heavy atom. The quantitative estimate of drug-likeness (QED) is 0.852. The van der Waals surface area contributed by atoms with Crippen LogP contribution in [0.4, 0.5) is 5.95 Å². The summed E-state index contributed by atoms with van der Waals surface area (Å²) in [5.74, 6) is 0.727. The molecule has 142 valence electrons. The van der Waals surface area contributed by atoms with Crippen LogP contribution < -0.4 is 5.32 Å². The maximum Gasteiger partial charge on any atom is 0.222 e. The van der Waals surface area contributed by atoms with Crippen molar-refractivity contribution >= 4 is 23.3 Å². The molecule has 1 atom stereocenters. The van der Waals surface area contributed by atoms with Crippen LogP contribution in [0.3, 0.4) is 0 Å². The molecule has 27 heavy (non-hydrogen) atoms. The molecule has 2 aliphatic rings. The molecule has 1 aromatic heterocycles. The van der Waals surface area contributed by atoms with Gasteiger partial charge in [-0.2, -0.15) is 0 Å². The number of halogens is 1. The lowest BCUT2D eigenvalue weighted by atomic mass is 9.82. The number of ether oxygens (including phenoxy) is 1. The van der Waals surface area contributed by atoms with E-state index < -0.39 is 0 Å². The Bertz CT molecular complexity index is 823. The molecule has 0 radical (unpaired) electrons. The van der Waals surface area contributed by atoms with Gasteiger partial charge < -0.3 is 10.1 Å². The molecule has 4 rings (SSSR count). The number of carbonyl (C=O) groups excluding carboxylic acids is 1. The van der Waals surface area contributed by atoms with Crippen molar-refractivity contribution in [2.75, 3.05) is 44.7 Å². The monoisotopic (exact) mass is 386 g/mol.